The minimum Gasteiger partial charge on any atom is -0.456 e. The Morgan fingerprint density at radius 2 is 1.62 bits per heavy atom. The summed E-state index contributed by atoms with van der Waals surface area (Å²) in [7, 11) is 0. The van der Waals surface area contributed by atoms with E-state index in [9.17, 15) is 9.59 Å². The minimum absolute atomic E-state index is 0.240. The molecule has 1 aromatic heterocycles. The van der Waals surface area contributed by atoms with Crippen LogP contribution in [-0.2, 0) is 9.53 Å². The average Bonchev–Trinajstić information content (AvgIpc) is 3.15. The summed E-state index contributed by atoms with van der Waals surface area (Å²) in [5, 5.41) is 3.11. The zero-order valence-electron chi connectivity index (χ0n) is 15.2. The molecule has 29 heavy (non-hydrogen) atoms. The summed E-state index contributed by atoms with van der Waals surface area (Å²) >= 11 is 1.36. The molecule has 6 nitrogen and oxygen atoms in total. The third-order valence-corrected chi connectivity index (χ3v) is 4.90. The van der Waals surface area contributed by atoms with E-state index >= 15 is 0 Å². The van der Waals surface area contributed by atoms with Crippen molar-refractivity contribution in [2.24, 2.45) is 0 Å². The van der Waals surface area contributed by atoms with Crippen molar-refractivity contribution in [2.75, 3.05) is 11.9 Å². The van der Waals surface area contributed by atoms with Gasteiger partial charge in [0, 0.05) is 0 Å². The highest BCUT2D eigenvalue weighted by Gasteiger charge is 2.16. The van der Waals surface area contributed by atoms with E-state index in [0.717, 1.165) is 10.2 Å². The van der Waals surface area contributed by atoms with Gasteiger partial charge in [-0.05, 0) is 36.4 Å². The number of aromatic nitrogens is 1. The smallest absolute Gasteiger partial charge is 0.342 e. The molecule has 4 rings (SSSR count). The summed E-state index contributed by atoms with van der Waals surface area (Å²) in [6.07, 6.45) is 0. The fraction of sp³-hybridized carbons (Fsp3) is 0.0455. The molecule has 1 heterocycles. The molecule has 4 aromatic rings. The molecule has 0 spiro atoms. The number of ether oxygens (including phenoxy) is 2. The van der Waals surface area contributed by atoms with E-state index in [1.54, 1.807) is 36.4 Å². The molecule has 0 fully saturated rings. The van der Waals surface area contributed by atoms with Crippen LogP contribution in [0.5, 0.6) is 11.5 Å². The van der Waals surface area contributed by atoms with Gasteiger partial charge in [-0.25, -0.2) is 9.78 Å². The van der Waals surface area contributed by atoms with E-state index in [0.29, 0.717) is 16.6 Å². The topological polar surface area (TPSA) is 77.5 Å². The lowest BCUT2D eigenvalue weighted by molar-refractivity contribution is -0.119. The lowest BCUT2D eigenvalue weighted by Crippen LogP contribution is -2.21. The van der Waals surface area contributed by atoms with Gasteiger partial charge in [-0.15, -0.1) is 0 Å². The number of esters is 1. The van der Waals surface area contributed by atoms with Crippen molar-refractivity contribution < 1.29 is 19.1 Å². The van der Waals surface area contributed by atoms with Crippen LogP contribution in [0.15, 0.2) is 78.9 Å². The highest BCUT2D eigenvalue weighted by Crippen LogP contribution is 2.26. The molecular formula is C22H16N2O4S. The molecule has 0 saturated heterocycles. The number of hydrogen-bond acceptors (Lipinski definition) is 6. The first kappa shape index (κ1) is 18.6. The van der Waals surface area contributed by atoms with E-state index in [-0.39, 0.29) is 5.56 Å². The first-order valence-corrected chi connectivity index (χ1v) is 9.65. The van der Waals surface area contributed by atoms with Crippen LogP contribution in [0.2, 0.25) is 0 Å². The van der Waals surface area contributed by atoms with Crippen LogP contribution in [0.4, 0.5) is 5.13 Å². The summed E-state index contributed by atoms with van der Waals surface area (Å²) in [6, 6.07) is 23.4. The Labute approximate surface area is 170 Å². The molecule has 0 bridgehead atoms. The monoisotopic (exact) mass is 404 g/mol. The number of rotatable bonds is 6. The van der Waals surface area contributed by atoms with Gasteiger partial charge in [-0.3, -0.25) is 10.1 Å². The quantitative estimate of drug-likeness (QED) is 0.463. The molecule has 1 N–H and O–H groups in total. The van der Waals surface area contributed by atoms with Crippen molar-refractivity contribution in [3.05, 3.63) is 84.4 Å². The number of hydrogen-bond donors (Lipinski definition) is 1. The minimum atomic E-state index is -0.643. The Morgan fingerprint density at radius 3 is 2.45 bits per heavy atom. The van der Waals surface area contributed by atoms with Gasteiger partial charge in [0.25, 0.3) is 5.91 Å². The maximum atomic E-state index is 12.5. The summed E-state index contributed by atoms with van der Waals surface area (Å²) in [5.74, 6) is -0.147. The maximum Gasteiger partial charge on any atom is 0.342 e. The molecule has 7 heteroatoms. The SMILES string of the molecule is O=C(COC(=O)c1ccccc1Oc1ccccc1)Nc1nc2ccccc2s1. The van der Waals surface area contributed by atoms with Gasteiger partial charge >= 0.3 is 5.97 Å². The number of nitrogens with zero attached hydrogens (tertiary/aromatic N) is 1. The van der Waals surface area contributed by atoms with E-state index in [4.69, 9.17) is 9.47 Å². The number of carbonyl (C=O) groups is 2. The molecular weight excluding hydrogens is 388 g/mol. The molecule has 0 saturated carbocycles. The number of thiazole rings is 1. The zero-order chi connectivity index (χ0) is 20.1. The van der Waals surface area contributed by atoms with E-state index in [1.807, 2.05) is 42.5 Å². The van der Waals surface area contributed by atoms with Gasteiger partial charge in [0.2, 0.25) is 0 Å². The van der Waals surface area contributed by atoms with E-state index in [1.165, 1.54) is 11.3 Å². The summed E-state index contributed by atoms with van der Waals surface area (Å²) < 4.78 is 11.9. The van der Waals surface area contributed by atoms with E-state index in [2.05, 4.69) is 10.3 Å². The number of para-hydroxylation sites is 3. The molecule has 0 unspecified atom stereocenters. The van der Waals surface area contributed by atoms with E-state index < -0.39 is 18.5 Å². The average molecular weight is 404 g/mol. The Morgan fingerprint density at radius 1 is 0.897 bits per heavy atom. The number of carbonyl (C=O) groups excluding carboxylic acids is 2. The number of nitrogens with one attached hydrogen (secondary N) is 1. The standard InChI is InChI=1S/C22H16N2O4S/c25-20(24-22-23-17-11-5-7-13-19(17)29-22)14-27-21(26)16-10-4-6-12-18(16)28-15-8-2-1-3-9-15/h1-13H,14H2,(H,23,24,25). The lowest BCUT2D eigenvalue weighted by Gasteiger charge is -2.10. The van der Waals surface area contributed by atoms with Gasteiger partial charge in [-0.1, -0.05) is 53.8 Å². The number of anilines is 1. The fourth-order valence-electron chi connectivity index (χ4n) is 2.63. The molecule has 0 radical (unpaired) electrons. The van der Waals surface area contributed by atoms with Crippen molar-refractivity contribution in [1.29, 1.82) is 0 Å². The molecule has 0 aliphatic rings. The predicted molar refractivity (Wildman–Crippen MR) is 111 cm³/mol. The molecule has 144 valence electrons. The van der Waals surface area contributed by atoms with Crippen LogP contribution in [0.3, 0.4) is 0 Å². The predicted octanol–water partition coefficient (Wildman–Crippen LogP) is 4.88. The van der Waals surface area contributed by atoms with Crippen LogP contribution in [0.25, 0.3) is 10.2 Å². The van der Waals surface area contributed by atoms with Gasteiger partial charge < -0.3 is 9.47 Å². The molecule has 3 aromatic carbocycles. The third kappa shape index (κ3) is 4.59. The number of amides is 1. The first-order valence-electron chi connectivity index (χ1n) is 8.83. The summed E-state index contributed by atoms with van der Waals surface area (Å²) in [5.41, 5.74) is 1.04. The van der Waals surface area contributed by atoms with Crippen molar-refractivity contribution >= 4 is 38.6 Å². The Kier molecular flexibility index (Phi) is 5.49. The molecule has 1 amide bonds. The lowest BCUT2D eigenvalue weighted by atomic mass is 10.2. The van der Waals surface area contributed by atoms with Gasteiger partial charge in [-0.2, -0.15) is 0 Å². The molecule has 0 aliphatic heterocycles. The van der Waals surface area contributed by atoms with Crippen molar-refractivity contribution in [3.63, 3.8) is 0 Å². The third-order valence-electron chi connectivity index (χ3n) is 3.95. The van der Waals surface area contributed by atoms with Crippen LogP contribution in [0, 0.1) is 0 Å². The molecule has 0 aliphatic carbocycles. The first-order chi connectivity index (χ1) is 14.2. The largest absolute Gasteiger partial charge is 0.456 e. The Hall–Kier alpha value is -3.71. The maximum absolute atomic E-state index is 12.5. The highest BCUT2D eigenvalue weighted by atomic mass is 32.1. The fourth-order valence-corrected chi connectivity index (χ4v) is 3.51. The second kappa shape index (κ2) is 8.53. The van der Waals surface area contributed by atoms with Crippen molar-refractivity contribution in [2.45, 2.75) is 0 Å². The number of benzene rings is 3. The second-order valence-electron chi connectivity index (χ2n) is 6.02. The van der Waals surface area contributed by atoms with Crippen LogP contribution in [0.1, 0.15) is 10.4 Å². The van der Waals surface area contributed by atoms with Gasteiger partial charge in [0.05, 0.1) is 10.2 Å². The summed E-state index contributed by atoms with van der Waals surface area (Å²) in [6.45, 7) is -0.422. The van der Waals surface area contributed by atoms with Crippen LogP contribution >= 0.6 is 11.3 Å². The number of fused-ring (bicyclic) bond motifs is 1. The zero-order valence-corrected chi connectivity index (χ0v) is 16.0. The van der Waals surface area contributed by atoms with Crippen LogP contribution < -0.4 is 10.1 Å². The normalized spacial score (nSPS) is 10.5. The second-order valence-corrected chi connectivity index (χ2v) is 7.05. The molecule has 0 atom stereocenters. The van der Waals surface area contributed by atoms with Crippen molar-refractivity contribution in [3.8, 4) is 11.5 Å². The summed E-state index contributed by atoms with van der Waals surface area (Å²) in [4.78, 5) is 28.9. The van der Waals surface area contributed by atoms with Crippen molar-refractivity contribution in [1.82, 2.24) is 4.98 Å². The van der Waals surface area contributed by atoms with Crippen LogP contribution in [-0.4, -0.2) is 23.5 Å². The Bertz CT molecular complexity index is 1120. The van der Waals surface area contributed by atoms with Gasteiger partial charge in [0.15, 0.2) is 11.7 Å². The van der Waals surface area contributed by atoms with Gasteiger partial charge in [0.1, 0.15) is 17.1 Å². The highest BCUT2D eigenvalue weighted by molar-refractivity contribution is 7.22. The Balaban J connectivity index is 1.38.